The maximum atomic E-state index is 12.2. The predicted molar refractivity (Wildman–Crippen MR) is 120 cm³/mol. The maximum Gasteiger partial charge on any atom is 1.00 e. The first-order valence-electron chi connectivity index (χ1n) is 9.53. The van der Waals surface area contributed by atoms with Crippen LogP contribution in [0.15, 0.2) is 72.9 Å². The molecule has 0 atom stereocenters. The molecular formula is C24H17N4NaO4. The van der Waals surface area contributed by atoms with Crippen molar-refractivity contribution in [3.05, 3.63) is 84.3 Å². The summed E-state index contributed by atoms with van der Waals surface area (Å²) in [5.74, 6) is 1.32. The standard InChI is InChI=1S/C24H18N4O4.Na/c1-25-21-13-19-20(14-22(21)29)26-12-11-23(19)32-18-9-5-16(6-10-18)28-24(30)27-15-3-7-17(31-2)8-4-15;/h3-14,29H,2H3,(H2,27,28,30);/q;+1/p-1. The molecule has 0 spiro atoms. The van der Waals surface area contributed by atoms with Gasteiger partial charge in [0.1, 0.15) is 17.2 Å². The first-order chi connectivity index (χ1) is 15.6. The van der Waals surface area contributed by atoms with Gasteiger partial charge in [-0.15, -0.1) is 5.75 Å². The van der Waals surface area contributed by atoms with Crippen LogP contribution in [0.3, 0.4) is 0 Å². The summed E-state index contributed by atoms with van der Waals surface area (Å²) in [4.78, 5) is 19.6. The molecule has 0 saturated heterocycles. The third-order valence-corrected chi connectivity index (χ3v) is 4.59. The van der Waals surface area contributed by atoms with Crippen molar-refractivity contribution < 1.29 is 48.9 Å². The van der Waals surface area contributed by atoms with Gasteiger partial charge in [-0.05, 0) is 60.7 Å². The molecule has 0 unspecified atom stereocenters. The summed E-state index contributed by atoms with van der Waals surface area (Å²) in [5, 5.41) is 17.9. The summed E-state index contributed by atoms with van der Waals surface area (Å²) in [6.07, 6.45) is 1.54. The number of ether oxygens (including phenoxy) is 2. The van der Waals surface area contributed by atoms with Gasteiger partial charge in [0.25, 0.3) is 0 Å². The minimum Gasteiger partial charge on any atom is -0.881 e. The Hall–Kier alpha value is -3.77. The fourth-order valence-corrected chi connectivity index (χ4v) is 3.01. The molecule has 0 saturated carbocycles. The molecule has 2 amide bonds. The number of hydrogen-bond donors (Lipinski definition) is 2. The molecule has 2 N–H and O–H groups in total. The van der Waals surface area contributed by atoms with Gasteiger partial charge >= 0.3 is 35.6 Å². The molecule has 4 rings (SSSR count). The molecule has 0 bridgehead atoms. The summed E-state index contributed by atoms with van der Waals surface area (Å²) in [7, 11) is 1.58. The number of carbonyl (C=O) groups excluding carboxylic acids is 1. The van der Waals surface area contributed by atoms with Gasteiger partial charge < -0.3 is 25.2 Å². The number of urea groups is 1. The van der Waals surface area contributed by atoms with Gasteiger partial charge in [-0.25, -0.2) is 9.64 Å². The normalized spacial score (nSPS) is 9.94. The first kappa shape index (κ1) is 23.9. The van der Waals surface area contributed by atoms with E-state index in [-0.39, 0.29) is 47.0 Å². The Morgan fingerprint density at radius 3 is 2.15 bits per heavy atom. The van der Waals surface area contributed by atoms with Crippen molar-refractivity contribution in [3.8, 4) is 23.0 Å². The van der Waals surface area contributed by atoms with E-state index < -0.39 is 0 Å². The van der Waals surface area contributed by atoms with Crippen LogP contribution in [0.2, 0.25) is 0 Å². The average molecular weight is 448 g/mol. The fourth-order valence-electron chi connectivity index (χ4n) is 3.01. The van der Waals surface area contributed by atoms with Crippen LogP contribution in [-0.2, 0) is 0 Å². The summed E-state index contributed by atoms with van der Waals surface area (Å²) < 4.78 is 11.0. The van der Waals surface area contributed by atoms with E-state index in [1.165, 1.54) is 18.3 Å². The minimum atomic E-state index is -0.385. The fraction of sp³-hybridized carbons (Fsp3) is 0.0417. The zero-order chi connectivity index (χ0) is 22.5. The van der Waals surface area contributed by atoms with Crippen LogP contribution in [0.1, 0.15) is 0 Å². The number of anilines is 2. The molecule has 0 radical (unpaired) electrons. The van der Waals surface area contributed by atoms with E-state index in [0.29, 0.717) is 39.5 Å². The Labute approximate surface area is 212 Å². The second-order valence-corrected chi connectivity index (χ2v) is 6.69. The monoisotopic (exact) mass is 448 g/mol. The molecule has 0 aliphatic heterocycles. The van der Waals surface area contributed by atoms with E-state index in [0.717, 1.165) is 0 Å². The SMILES string of the molecule is [C-]#[N+]c1cc2c(Oc3ccc(NC(=O)Nc4ccc(OC)cc4)cc3)ccnc2cc1[O-].[Na+]. The molecule has 158 valence electrons. The van der Waals surface area contributed by atoms with Crippen LogP contribution in [0, 0.1) is 6.57 Å². The van der Waals surface area contributed by atoms with E-state index >= 15 is 0 Å². The van der Waals surface area contributed by atoms with Gasteiger partial charge in [0.05, 0.1) is 19.2 Å². The van der Waals surface area contributed by atoms with Gasteiger partial charge in [-0.3, -0.25) is 4.98 Å². The zero-order valence-electron chi connectivity index (χ0n) is 18.0. The third-order valence-electron chi connectivity index (χ3n) is 4.59. The number of pyridine rings is 1. The Bertz CT molecular complexity index is 1320. The molecular weight excluding hydrogens is 431 g/mol. The molecule has 0 aliphatic rings. The Morgan fingerprint density at radius 1 is 0.970 bits per heavy atom. The number of carbonyl (C=O) groups is 1. The van der Waals surface area contributed by atoms with Crippen LogP contribution in [0.5, 0.6) is 23.0 Å². The molecule has 1 aromatic heterocycles. The predicted octanol–water partition coefficient (Wildman–Crippen LogP) is 2.31. The van der Waals surface area contributed by atoms with Gasteiger partial charge in [0.2, 0.25) is 0 Å². The van der Waals surface area contributed by atoms with Crippen molar-refractivity contribution in [1.82, 2.24) is 4.98 Å². The van der Waals surface area contributed by atoms with Crippen molar-refractivity contribution in [1.29, 1.82) is 0 Å². The van der Waals surface area contributed by atoms with Crippen LogP contribution in [-0.4, -0.2) is 18.1 Å². The molecule has 4 aromatic rings. The number of methoxy groups -OCH3 is 1. The number of rotatable bonds is 5. The van der Waals surface area contributed by atoms with E-state index in [2.05, 4.69) is 20.5 Å². The van der Waals surface area contributed by atoms with Crippen LogP contribution in [0.4, 0.5) is 21.9 Å². The molecule has 9 heteroatoms. The Kier molecular flexibility index (Phi) is 7.74. The number of nitrogens with one attached hydrogen (secondary N) is 2. The van der Waals surface area contributed by atoms with Gasteiger partial charge in [0, 0.05) is 23.0 Å². The van der Waals surface area contributed by atoms with Gasteiger partial charge in [-0.1, -0.05) is 6.07 Å². The Balaban J connectivity index is 0.00000306. The van der Waals surface area contributed by atoms with Gasteiger partial charge in [0.15, 0.2) is 5.69 Å². The summed E-state index contributed by atoms with van der Waals surface area (Å²) in [6.45, 7) is 7.14. The summed E-state index contributed by atoms with van der Waals surface area (Å²) >= 11 is 0. The number of aromatic nitrogens is 1. The first-order valence-corrected chi connectivity index (χ1v) is 9.53. The summed E-state index contributed by atoms with van der Waals surface area (Å²) in [6, 6.07) is 17.9. The van der Waals surface area contributed by atoms with Crippen LogP contribution >= 0.6 is 0 Å². The van der Waals surface area contributed by atoms with E-state index in [9.17, 15) is 9.90 Å². The minimum absolute atomic E-state index is 0. The third kappa shape index (κ3) is 5.73. The maximum absolute atomic E-state index is 12.2. The van der Waals surface area contributed by atoms with Crippen molar-refractivity contribution in [2.75, 3.05) is 17.7 Å². The second kappa shape index (κ2) is 10.7. The number of fused-ring (bicyclic) bond motifs is 1. The topological polar surface area (TPSA) is 99.9 Å². The molecule has 33 heavy (non-hydrogen) atoms. The number of hydrogen-bond acceptors (Lipinski definition) is 5. The second-order valence-electron chi connectivity index (χ2n) is 6.69. The Morgan fingerprint density at radius 2 is 1.58 bits per heavy atom. The smallest absolute Gasteiger partial charge is 0.881 e. The summed E-state index contributed by atoms with van der Waals surface area (Å²) in [5.41, 5.74) is 1.67. The van der Waals surface area contributed by atoms with Crippen molar-refractivity contribution in [2.45, 2.75) is 0 Å². The number of benzene rings is 3. The largest absolute Gasteiger partial charge is 1.00 e. The van der Waals surface area contributed by atoms with E-state index in [1.807, 2.05) is 0 Å². The van der Waals surface area contributed by atoms with Crippen molar-refractivity contribution in [3.63, 3.8) is 0 Å². The molecule has 3 aromatic carbocycles. The average Bonchev–Trinajstić information content (AvgIpc) is 2.80. The van der Waals surface area contributed by atoms with Crippen molar-refractivity contribution >= 4 is 34.0 Å². The molecule has 8 nitrogen and oxygen atoms in total. The number of amides is 2. The van der Waals surface area contributed by atoms with Crippen LogP contribution in [0.25, 0.3) is 15.7 Å². The van der Waals surface area contributed by atoms with Gasteiger partial charge in [-0.2, -0.15) is 0 Å². The van der Waals surface area contributed by atoms with Crippen molar-refractivity contribution in [2.24, 2.45) is 0 Å². The zero-order valence-corrected chi connectivity index (χ0v) is 20.0. The number of nitrogens with zero attached hydrogens (tertiary/aromatic N) is 2. The van der Waals surface area contributed by atoms with E-state index in [4.69, 9.17) is 16.0 Å². The van der Waals surface area contributed by atoms with E-state index in [1.54, 1.807) is 61.7 Å². The molecule has 1 heterocycles. The van der Waals surface area contributed by atoms with Crippen LogP contribution < -0.4 is 54.8 Å². The quantitative estimate of drug-likeness (QED) is 0.361. The molecule has 0 aliphatic carbocycles. The molecule has 0 fully saturated rings.